The number of aliphatic hydroxyl groups excluding tert-OH is 1. The maximum Gasteiger partial charge on any atom is 0.313 e. The molecular weight excluding hydrogens is 498 g/mol. The van der Waals surface area contributed by atoms with E-state index < -0.39 is 35.0 Å². The fourth-order valence-electron chi connectivity index (χ4n) is 6.78. The summed E-state index contributed by atoms with van der Waals surface area (Å²) in [6.45, 7) is 8.41. The predicted molar refractivity (Wildman–Crippen MR) is 147 cm³/mol. The van der Waals surface area contributed by atoms with Gasteiger partial charge in [0.25, 0.3) is 5.91 Å². The number of hydrogen-bond donors (Lipinski definition) is 1. The second kappa shape index (κ2) is 10.8. The Kier molecular flexibility index (Phi) is 7.57. The highest BCUT2D eigenvalue weighted by Gasteiger charge is 2.74. The fraction of sp³-hybridized carbons (Fsp3) is 0.567. The van der Waals surface area contributed by atoms with Gasteiger partial charge in [0.2, 0.25) is 5.91 Å². The zero-order chi connectivity index (χ0) is 27.8. The first kappa shape index (κ1) is 27.4. The summed E-state index contributed by atoms with van der Waals surface area (Å²) in [5.41, 5.74) is -0.639. The molecule has 2 fully saturated rings. The molecule has 9 heteroatoms. The van der Waals surface area contributed by atoms with Crippen molar-refractivity contribution in [2.75, 3.05) is 49.2 Å². The molecule has 1 N–H and O–H groups in total. The number of rotatable bonds is 7. The molecule has 0 bridgehead atoms. The summed E-state index contributed by atoms with van der Waals surface area (Å²) in [4.78, 5) is 47.3. The number of cyclic esters (lactones) is 1. The fourth-order valence-corrected chi connectivity index (χ4v) is 6.78. The van der Waals surface area contributed by atoms with Crippen LogP contribution in [0.1, 0.15) is 40.0 Å². The lowest BCUT2D eigenvalue weighted by molar-refractivity contribution is -0.158. The Hall–Kier alpha value is -3.17. The molecular formula is C30H39N3O6. The van der Waals surface area contributed by atoms with Gasteiger partial charge in [-0.05, 0) is 64.3 Å². The second-order valence-corrected chi connectivity index (χ2v) is 10.9. The van der Waals surface area contributed by atoms with Gasteiger partial charge in [-0.25, -0.2) is 0 Å². The Morgan fingerprint density at radius 1 is 1.03 bits per heavy atom. The largest absolute Gasteiger partial charge is 0.465 e. The molecule has 2 saturated heterocycles. The van der Waals surface area contributed by atoms with Crippen LogP contribution in [0.5, 0.6) is 0 Å². The maximum atomic E-state index is 14.4. The third-order valence-corrected chi connectivity index (χ3v) is 8.60. The van der Waals surface area contributed by atoms with Gasteiger partial charge in [0.15, 0.2) is 0 Å². The number of nitrogens with zero attached hydrogens (tertiary/aromatic N) is 3. The Morgan fingerprint density at radius 2 is 1.77 bits per heavy atom. The molecule has 4 aliphatic heterocycles. The van der Waals surface area contributed by atoms with Gasteiger partial charge in [0, 0.05) is 44.2 Å². The van der Waals surface area contributed by atoms with Crippen molar-refractivity contribution < 1.29 is 29.0 Å². The minimum atomic E-state index is -1.33. The minimum Gasteiger partial charge on any atom is -0.465 e. The summed E-state index contributed by atoms with van der Waals surface area (Å²) in [6.07, 6.45) is 9.27. The van der Waals surface area contributed by atoms with Crippen molar-refractivity contribution >= 4 is 29.2 Å². The molecule has 0 saturated carbocycles. The van der Waals surface area contributed by atoms with E-state index in [-0.39, 0.29) is 31.6 Å². The summed E-state index contributed by atoms with van der Waals surface area (Å²) in [5, 5.41) is 9.58. The molecule has 2 amide bonds. The van der Waals surface area contributed by atoms with Crippen molar-refractivity contribution in [1.82, 2.24) is 4.90 Å². The number of carbonyl (C=O) groups is 3. The molecule has 0 radical (unpaired) electrons. The molecule has 5 atom stereocenters. The molecule has 39 heavy (non-hydrogen) atoms. The van der Waals surface area contributed by atoms with Gasteiger partial charge in [0.1, 0.15) is 17.6 Å². The van der Waals surface area contributed by atoms with Crippen LogP contribution in [-0.2, 0) is 23.9 Å². The van der Waals surface area contributed by atoms with Gasteiger partial charge in [-0.1, -0.05) is 24.3 Å². The molecule has 4 aliphatic rings. The van der Waals surface area contributed by atoms with Gasteiger partial charge >= 0.3 is 5.97 Å². The summed E-state index contributed by atoms with van der Waals surface area (Å²) in [6, 6.07) is 6.89. The summed E-state index contributed by atoms with van der Waals surface area (Å²) in [7, 11) is 0. The second-order valence-electron chi connectivity index (χ2n) is 10.9. The molecule has 1 spiro atoms. The first-order valence-electron chi connectivity index (χ1n) is 14.1. The molecule has 9 nitrogen and oxygen atoms in total. The number of hydrogen-bond acceptors (Lipinski definition) is 7. The lowest BCUT2D eigenvalue weighted by atomic mass is 9.74. The van der Waals surface area contributed by atoms with E-state index in [1.807, 2.05) is 55.5 Å². The molecule has 0 aliphatic carbocycles. The number of esters is 1. The van der Waals surface area contributed by atoms with Crippen molar-refractivity contribution in [2.45, 2.75) is 57.3 Å². The summed E-state index contributed by atoms with van der Waals surface area (Å²) < 4.78 is 12.4. The molecule has 0 aromatic heterocycles. The number of anilines is 2. The van der Waals surface area contributed by atoms with Crippen LogP contribution in [0.15, 0.2) is 48.6 Å². The first-order valence-corrected chi connectivity index (χ1v) is 14.1. The SMILES string of the molecule is CCN(CC)c1ccc(N2CC=C[C@]34O[C@]5(C)/C=C\CCCOC(=O)[C@@H]5[C@H]3C(=O)N(CCCO)C4C2=O)cc1. The monoisotopic (exact) mass is 537 g/mol. The Morgan fingerprint density at radius 3 is 2.46 bits per heavy atom. The van der Waals surface area contributed by atoms with E-state index in [0.29, 0.717) is 19.4 Å². The molecule has 210 valence electrons. The lowest BCUT2D eigenvalue weighted by Gasteiger charge is -2.37. The number of benzene rings is 1. The van der Waals surface area contributed by atoms with E-state index in [4.69, 9.17) is 9.47 Å². The van der Waals surface area contributed by atoms with E-state index in [2.05, 4.69) is 18.7 Å². The molecule has 1 aromatic rings. The van der Waals surface area contributed by atoms with Gasteiger partial charge in [-0.3, -0.25) is 14.4 Å². The van der Waals surface area contributed by atoms with E-state index in [0.717, 1.165) is 30.9 Å². The normalized spacial score (nSPS) is 32.9. The zero-order valence-corrected chi connectivity index (χ0v) is 23.0. The predicted octanol–water partition coefficient (Wildman–Crippen LogP) is 2.68. The summed E-state index contributed by atoms with van der Waals surface area (Å²) >= 11 is 0. The number of carbonyl (C=O) groups excluding carboxylic acids is 3. The van der Waals surface area contributed by atoms with E-state index >= 15 is 0 Å². The maximum absolute atomic E-state index is 14.4. The Balaban J connectivity index is 1.57. The lowest BCUT2D eigenvalue weighted by Crippen LogP contribution is -2.56. The van der Waals surface area contributed by atoms with Crippen molar-refractivity contribution in [2.24, 2.45) is 11.8 Å². The van der Waals surface area contributed by atoms with Crippen molar-refractivity contribution in [1.29, 1.82) is 0 Å². The number of fused-ring (bicyclic) bond motifs is 2. The van der Waals surface area contributed by atoms with E-state index in [9.17, 15) is 19.5 Å². The highest BCUT2D eigenvalue weighted by Crippen LogP contribution is 2.57. The van der Waals surface area contributed by atoms with Crippen molar-refractivity contribution in [3.05, 3.63) is 48.6 Å². The average molecular weight is 538 g/mol. The van der Waals surface area contributed by atoms with Crippen LogP contribution in [-0.4, -0.2) is 84.4 Å². The molecule has 1 aromatic carbocycles. The number of amides is 2. The van der Waals surface area contributed by atoms with Crippen LogP contribution in [0.4, 0.5) is 11.4 Å². The molecule has 1 unspecified atom stereocenters. The zero-order valence-electron chi connectivity index (χ0n) is 23.0. The van der Waals surface area contributed by atoms with Gasteiger partial charge < -0.3 is 29.3 Å². The average Bonchev–Trinajstić information content (AvgIpc) is 3.27. The van der Waals surface area contributed by atoms with Crippen LogP contribution < -0.4 is 9.80 Å². The number of allylic oxidation sites excluding steroid dienone is 1. The highest BCUT2D eigenvalue weighted by molar-refractivity contribution is 6.05. The minimum absolute atomic E-state index is 0.124. The van der Waals surface area contributed by atoms with Crippen LogP contribution in [0.3, 0.4) is 0 Å². The smallest absolute Gasteiger partial charge is 0.313 e. The quantitative estimate of drug-likeness (QED) is 0.422. The van der Waals surface area contributed by atoms with E-state index in [1.54, 1.807) is 4.90 Å². The first-order chi connectivity index (χ1) is 18.8. The number of likely N-dealkylation sites (tertiary alicyclic amines) is 1. The Bertz CT molecular complexity index is 1160. The van der Waals surface area contributed by atoms with Crippen molar-refractivity contribution in [3.63, 3.8) is 0 Å². The van der Waals surface area contributed by atoms with Crippen molar-refractivity contribution in [3.8, 4) is 0 Å². The molecule has 4 heterocycles. The van der Waals surface area contributed by atoms with Gasteiger partial charge in [0.05, 0.1) is 18.1 Å². The Labute approximate surface area is 230 Å². The number of aliphatic hydroxyl groups is 1. The topological polar surface area (TPSA) is 99.6 Å². The number of ether oxygens (including phenoxy) is 2. The highest BCUT2D eigenvalue weighted by atomic mass is 16.6. The molecule has 5 rings (SSSR count). The summed E-state index contributed by atoms with van der Waals surface area (Å²) in [5.74, 6) is -2.86. The van der Waals surface area contributed by atoms with Gasteiger partial charge in [-0.2, -0.15) is 0 Å². The van der Waals surface area contributed by atoms with Crippen LogP contribution >= 0.6 is 0 Å². The van der Waals surface area contributed by atoms with Crippen LogP contribution in [0.2, 0.25) is 0 Å². The van der Waals surface area contributed by atoms with Gasteiger partial charge in [-0.15, -0.1) is 0 Å². The third kappa shape index (κ3) is 4.45. The standard InChI is InChI=1S/C30H39N3O6/c1-4-31(5-2)21-11-13-22(14-12-21)32-17-9-16-30-23(26(35)33(18-10-19-34)25(30)27(32)36)24-28(37)38-20-8-6-7-15-29(24,3)39-30/h7,9,11-16,23-25,34H,4-6,8,10,17-20H2,1-3H3/b15-7-/t23-,24-,25?,29+,30-/m0/s1. The third-order valence-electron chi connectivity index (χ3n) is 8.60. The van der Waals surface area contributed by atoms with Crippen LogP contribution in [0, 0.1) is 11.8 Å². The van der Waals surface area contributed by atoms with Crippen LogP contribution in [0.25, 0.3) is 0 Å². The van der Waals surface area contributed by atoms with E-state index in [1.165, 1.54) is 4.90 Å².